The Morgan fingerprint density at radius 2 is 1.80 bits per heavy atom. The van der Waals surface area contributed by atoms with Gasteiger partial charge < -0.3 is 23.8 Å². The summed E-state index contributed by atoms with van der Waals surface area (Å²) in [5.41, 5.74) is 0.534. The van der Waals surface area contributed by atoms with E-state index in [1.165, 1.54) is 42.7 Å². The lowest BCUT2D eigenvalue weighted by Crippen LogP contribution is -2.52. The number of hydrogen-bond donors (Lipinski definition) is 0. The van der Waals surface area contributed by atoms with Crippen molar-refractivity contribution in [2.45, 2.75) is 23.8 Å². The number of esters is 1. The zero-order valence-corrected chi connectivity index (χ0v) is 20.6. The van der Waals surface area contributed by atoms with Crippen molar-refractivity contribution in [2.24, 2.45) is 5.92 Å². The first-order valence-electron chi connectivity index (χ1n) is 11.2. The van der Waals surface area contributed by atoms with E-state index in [9.17, 15) is 18.0 Å². The van der Waals surface area contributed by atoms with E-state index in [-0.39, 0.29) is 36.2 Å². The van der Waals surface area contributed by atoms with Crippen LogP contribution in [0.25, 0.3) is 0 Å². The van der Waals surface area contributed by atoms with Crippen LogP contribution >= 0.6 is 0 Å². The van der Waals surface area contributed by atoms with Crippen LogP contribution in [0.1, 0.15) is 12.8 Å². The fourth-order valence-electron chi connectivity index (χ4n) is 4.40. The predicted molar refractivity (Wildman–Crippen MR) is 126 cm³/mol. The number of methoxy groups -OCH3 is 3. The van der Waals surface area contributed by atoms with Crippen LogP contribution in [0.2, 0.25) is 0 Å². The van der Waals surface area contributed by atoms with Crippen LogP contribution in [0.3, 0.4) is 0 Å². The molecule has 0 radical (unpaired) electrons. The van der Waals surface area contributed by atoms with Crippen LogP contribution in [0.4, 0.5) is 5.69 Å². The molecule has 35 heavy (non-hydrogen) atoms. The van der Waals surface area contributed by atoms with Gasteiger partial charge in [-0.05, 0) is 37.1 Å². The van der Waals surface area contributed by atoms with Gasteiger partial charge >= 0.3 is 5.97 Å². The highest BCUT2D eigenvalue weighted by atomic mass is 32.2. The Bertz CT molecular complexity index is 1220. The highest BCUT2D eigenvalue weighted by Gasteiger charge is 2.40. The van der Waals surface area contributed by atoms with Crippen molar-refractivity contribution in [2.75, 3.05) is 45.9 Å². The third-order valence-electron chi connectivity index (χ3n) is 6.23. The number of sulfonamides is 1. The molecular weight excluding hydrogens is 476 g/mol. The van der Waals surface area contributed by atoms with Crippen molar-refractivity contribution in [1.82, 2.24) is 4.31 Å². The number of ether oxygens (including phenoxy) is 4. The first kappa shape index (κ1) is 24.8. The molecule has 2 heterocycles. The lowest BCUT2D eigenvalue weighted by molar-refractivity contribution is -0.148. The maximum atomic E-state index is 13.7. The number of hydrogen-bond acceptors (Lipinski definition) is 8. The Kier molecular flexibility index (Phi) is 7.18. The quantitative estimate of drug-likeness (QED) is 0.550. The Labute approximate surface area is 204 Å². The molecular formula is C24H28N2O8S. The number of benzene rings is 2. The Balaban J connectivity index is 1.61. The van der Waals surface area contributed by atoms with Crippen molar-refractivity contribution in [1.29, 1.82) is 0 Å². The van der Waals surface area contributed by atoms with Gasteiger partial charge in [-0.3, -0.25) is 4.79 Å². The number of rotatable bonds is 6. The molecule has 2 aliphatic heterocycles. The maximum absolute atomic E-state index is 13.7. The summed E-state index contributed by atoms with van der Waals surface area (Å²) in [6.07, 6.45) is 0.0555. The molecule has 0 unspecified atom stereocenters. The summed E-state index contributed by atoms with van der Waals surface area (Å²) in [5.74, 6) is -0.485. The van der Waals surface area contributed by atoms with Crippen molar-refractivity contribution in [3.63, 3.8) is 0 Å². The summed E-state index contributed by atoms with van der Waals surface area (Å²) in [4.78, 5) is 27.3. The number of carbonyl (C=O) groups is 2. The van der Waals surface area contributed by atoms with Gasteiger partial charge in [-0.2, -0.15) is 4.31 Å². The van der Waals surface area contributed by atoms with Crippen LogP contribution < -0.4 is 19.1 Å². The van der Waals surface area contributed by atoms with Gasteiger partial charge in [0.1, 0.15) is 22.1 Å². The van der Waals surface area contributed by atoms with Crippen molar-refractivity contribution >= 4 is 27.6 Å². The van der Waals surface area contributed by atoms with E-state index in [4.69, 9.17) is 18.9 Å². The summed E-state index contributed by atoms with van der Waals surface area (Å²) in [7, 11) is 0.148. The third kappa shape index (κ3) is 4.78. The third-order valence-corrected chi connectivity index (χ3v) is 8.11. The molecule has 2 aliphatic rings. The molecule has 0 saturated carbocycles. The smallest absolute Gasteiger partial charge is 0.348 e. The number of fused-ring (bicyclic) bond motifs is 1. The molecule has 1 fully saturated rings. The number of anilines is 1. The van der Waals surface area contributed by atoms with Gasteiger partial charge in [-0.1, -0.05) is 12.1 Å². The van der Waals surface area contributed by atoms with E-state index in [0.29, 0.717) is 30.0 Å². The molecule has 0 aliphatic carbocycles. The van der Waals surface area contributed by atoms with E-state index in [1.807, 2.05) is 0 Å². The van der Waals surface area contributed by atoms with Crippen molar-refractivity contribution in [3.8, 4) is 17.2 Å². The van der Waals surface area contributed by atoms with Gasteiger partial charge in [0.05, 0.1) is 39.5 Å². The van der Waals surface area contributed by atoms with E-state index < -0.39 is 28.0 Å². The normalized spacial score (nSPS) is 20.4. The van der Waals surface area contributed by atoms with Gasteiger partial charge in [-0.15, -0.1) is 0 Å². The van der Waals surface area contributed by atoms with Crippen LogP contribution in [0.5, 0.6) is 17.2 Å². The Hall–Kier alpha value is -3.31. The topological polar surface area (TPSA) is 112 Å². The number of carbonyl (C=O) groups excluding carboxylic acids is 2. The Morgan fingerprint density at radius 1 is 1.03 bits per heavy atom. The molecule has 0 aromatic heterocycles. The minimum absolute atomic E-state index is 0.00391. The molecule has 0 bridgehead atoms. The van der Waals surface area contributed by atoms with Gasteiger partial charge in [0.2, 0.25) is 22.0 Å². The summed E-state index contributed by atoms with van der Waals surface area (Å²) in [5, 5.41) is 0. The minimum Gasteiger partial charge on any atom is -0.497 e. The number of amides is 1. The van der Waals surface area contributed by atoms with Crippen molar-refractivity contribution < 1.29 is 37.0 Å². The molecule has 11 heteroatoms. The average Bonchev–Trinajstić information content (AvgIpc) is 2.91. The van der Waals surface area contributed by atoms with Gasteiger partial charge in [0.25, 0.3) is 0 Å². The van der Waals surface area contributed by atoms with Gasteiger partial charge in [-0.25, -0.2) is 13.2 Å². The fraction of sp³-hybridized carbons (Fsp3) is 0.417. The molecule has 4 rings (SSSR count). The summed E-state index contributed by atoms with van der Waals surface area (Å²) >= 11 is 0. The molecule has 0 N–H and O–H groups in total. The lowest BCUT2D eigenvalue weighted by Gasteiger charge is -2.38. The summed E-state index contributed by atoms with van der Waals surface area (Å²) in [6, 6.07) is 11.5. The van der Waals surface area contributed by atoms with Crippen LogP contribution in [-0.4, -0.2) is 71.7 Å². The first-order chi connectivity index (χ1) is 16.8. The summed E-state index contributed by atoms with van der Waals surface area (Å²) in [6.45, 7) is 0.260. The number of para-hydroxylation sites is 2. The largest absolute Gasteiger partial charge is 0.497 e. The molecule has 2 aromatic carbocycles. The van der Waals surface area contributed by atoms with Crippen LogP contribution in [-0.2, 0) is 24.3 Å². The average molecular weight is 505 g/mol. The number of piperidine rings is 1. The van der Waals surface area contributed by atoms with Gasteiger partial charge in [0.15, 0.2) is 0 Å². The molecule has 2 aromatic rings. The monoisotopic (exact) mass is 504 g/mol. The lowest BCUT2D eigenvalue weighted by atomic mass is 9.97. The predicted octanol–water partition coefficient (Wildman–Crippen LogP) is 2.07. The molecule has 0 spiro atoms. The zero-order chi connectivity index (χ0) is 25.2. The van der Waals surface area contributed by atoms with Gasteiger partial charge in [0, 0.05) is 19.2 Å². The highest BCUT2D eigenvalue weighted by Crippen LogP contribution is 2.37. The molecule has 10 nitrogen and oxygen atoms in total. The van der Waals surface area contributed by atoms with E-state index in [0.717, 1.165) is 0 Å². The number of nitrogens with zero attached hydrogens (tertiary/aromatic N) is 2. The minimum atomic E-state index is -3.96. The first-order valence-corrected chi connectivity index (χ1v) is 12.6. The molecule has 2 atom stereocenters. The maximum Gasteiger partial charge on any atom is 0.348 e. The van der Waals surface area contributed by atoms with Crippen LogP contribution in [0, 0.1) is 5.92 Å². The molecule has 188 valence electrons. The van der Waals surface area contributed by atoms with Crippen molar-refractivity contribution in [3.05, 3.63) is 42.5 Å². The zero-order valence-electron chi connectivity index (χ0n) is 19.8. The molecule has 1 amide bonds. The fourth-order valence-corrected chi connectivity index (χ4v) is 6.10. The molecule has 1 saturated heterocycles. The second kappa shape index (κ2) is 10.1. The van der Waals surface area contributed by atoms with E-state index in [2.05, 4.69) is 0 Å². The van der Waals surface area contributed by atoms with Crippen LogP contribution in [0.15, 0.2) is 47.4 Å². The SMILES string of the molecule is COC(=O)[C@H]1CN(C(=O)[C@@H]2CCCN(S(=O)(=O)c3cc(OC)ccc3OC)C2)c2ccccc2O1. The highest BCUT2D eigenvalue weighted by molar-refractivity contribution is 7.89. The summed E-state index contributed by atoms with van der Waals surface area (Å²) < 4.78 is 49.4. The van der Waals surface area contributed by atoms with E-state index >= 15 is 0 Å². The standard InChI is InChI=1S/C24H28N2O8S/c1-31-17-10-11-20(32-2)22(13-17)35(29,30)25-12-6-7-16(14-25)23(27)26-15-21(24(28)33-3)34-19-9-5-4-8-18(19)26/h4-5,8-11,13,16,21H,6-7,12,14-15H2,1-3H3/t16-,21-/m1/s1. The second-order valence-corrected chi connectivity index (χ2v) is 10.2. The second-order valence-electron chi connectivity index (χ2n) is 8.27. The Morgan fingerprint density at radius 3 is 2.51 bits per heavy atom. The van der Waals surface area contributed by atoms with E-state index in [1.54, 1.807) is 30.3 Å².